The number of carbonyl (C=O) groups is 1. The fourth-order valence-corrected chi connectivity index (χ4v) is 3.08. The van der Waals surface area contributed by atoms with Crippen molar-refractivity contribution >= 4 is 27.5 Å². The Morgan fingerprint density at radius 3 is 3.04 bits per heavy atom. The molecule has 0 radical (unpaired) electrons. The molecule has 0 unspecified atom stereocenters. The summed E-state index contributed by atoms with van der Waals surface area (Å²) in [5, 5.41) is 2.96. The molecule has 3 aromatic rings. The number of fused-ring (bicyclic) bond motifs is 1. The molecule has 124 valence electrons. The first-order valence-corrected chi connectivity index (χ1v) is 8.97. The van der Waals surface area contributed by atoms with E-state index in [2.05, 4.69) is 17.2 Å². The number of amides is 1. The van der Waals surface area contributed by atoms with E-state index in [1.54, 1.807) is 5.51 Å². The summed E-state index contributed by atoms with van der Waals surface area (Å²) in [4.78, 5) is 16.5. The number of unbranched alkanes of at least 4 members (excludes halogenated alkanes) is 1. The summed E-state index contributed by atoms with van der Waals surface area (Å²) < 4.78 is 6.72. The number of rotatable bonds is 7. The highest BCUT2D eigenvalue weighted by atomic mass is 32.1. The highest BCUT2D eigenvalue weighted by molar-refractivity contribution is 7.16. The lowest BCUT2D eigenvalue weighted by Crippen LogP contribution is -2.22. The van der Waals surface area contributed by atoms with Crippen LogP contribution in [0.25, 0.3) is 10.2 Å². The zero-order valence-corrected chi connectivity index (χ0v) is 14.4. The molecule has 2 aromatic carbocycles. The number of hydrogen-bond donors (Lipinski definition) is 1. The second-order valence-electron chi connectivity index (χ2n) is 5.57. The smallest absolute Gasteiger partial charge is 0.251 e. The molecule has 0 fully saturated rings. The first-order chi connectivity index (χ1) is 11.8. The molecule has 0 saturated heterocycles. The molecule has 0 aliphatic heterocycles. The molecule has 1 N–H and O–H groups in total. The topological polar surface area (TPSA) is 51.2 Å². The molecule has 0 atom stereocenters. The van der Waals surface area contributed by atoms with Gasteiger partial charge in [0.2, 0.25) is 0 Å². The van der Waals surface area contributed by atoms with Crippen molar-refractivity contribution in [1.82, 2.24) is 10.3 Å². The monoisotopic (exact) mass is 340 g/mol. The van der Waals surface area contributed by atoms with Crippen molar-refractivity contribution in [3.63, 3.8) is 0 Å². The fraction of sp³-hybridized carbons (Fsp3) is 0.263. The normalized spacial score (nSPS) is 10.7. The van der Waals surface area contributed by atoms with Crippen LogP contribution in [0.3, 0.4) is 0 Å². The molecule has 1 aromatic heterocycles. The Kier molecular flexibility index (Phi) is 5.43. The van der Waals surface area contributed by atoms with Gasteiger partial charge in [0.15, 0.2) is 0 Å². The Morgan fingerprint density at radius 1 is 1.25 bits per heavy atom. The van der Waals surface area contributed by atoms with Gasteiger partial charge >= 0.3 is 0 Å². The number of nitrogens with zero attached hydrogens (tertiary/aromatic N) is 1. The van der Waals surface area contributed by atoms with Crippen LogP contribution < -0.4 is 10.1 Å². The fourth-order valence-electron chi connectivity index (χ4n) is 2.36. The van der Waals surface area contributed by atoms with E-state index in [1.807, 2.05) is 42.5 Å². The third-order valence-electron chi connectivity index (χ3n) is 3.71. The van der Waals surface area contributed by atoms with Gasteiger partial charge in [-0.3, -0.25) is 4.79 Å². The van der Waals surface area contributed by atoms with E-state index >= 15 is 0 Å². The summed E-state index contributed by atoms with van der Waals surface area (Å²) in [5.41, 5.74) is 4.39. The summed E-state index contributed by atoms with van der Waals surface area (Å²) in [7, 11) is 0. The van der Waals surface area contributed by atoms with E-state index in [-0.39, 0.29) is 5.91 Å². The number of ether oxygens (including phenoxy) is 1. The molecule has 0 aliphatic rings. The Morgan fingerprint density at radius 2 is 2.17 bits per heavy atom. The Labute approximate surface area is 145 Å². The largest absolute Gasteiger partial charge is 0.494 e. The molecule has 4 nitrogen and oxygen atoms in total. The third kappa shape index (κ3) is 4.11. The minimum absolute atomic E-state index is 0.0809. The number of nitrogens with one attached hydrogen (secondary N) is 1. The SMILES string of the molecule is CCCCOc1cccc(CNC(=O)c2ccc3ncsc3c2)c1. The Bertz CT molecular complexity index is 829. The number of benzene rings is 2. The second-order valence-corrected chi connectivity index (χ2v) is 6.45. The predicted molar refractivity (Wildman–Crippen MR) is 97.6 cm³/mol. The van der Waals surface area contributed by atoms with Crippen LogP contribution in [0.5, 0.6) is 5.75 Å². The maximum absolute atomic E-state index is 12.3. The third-order valence-corrected chi connectivity index (χ3v) is 4.50. The number of carbonyl (C=O) groups excluding carboxylic acids is 1. The van der Waals surface area contributed by atoms with Crippen LogP contribution >= 0.6 is 11.3 Å². The zero-order valence-electron chi connectivity index (χ0n) is 13.6. The van der Waals surface area contributed by atoms with Crippen molar-refractivity contribution in [2.24, 2.45) is 0 Å². The summed E-state index contributed by atoms with van der Waals surface area (Å²) in [5.74, 6) is 0.767. The van der Waals surface area contributed by atoms with Crippen LogP contribution in [0.2, 0.25) is 0 Å². The highest BCUT2D eigenvalue weighted by Crippen LogP contribution is 2.19. The molecule has 0 bridgehead atoms. The molecule has 24 heavy (non-hydrogen) atoms. The van der Waals surface area contributed by atoms with E-state index in [1.165, 1.54) is 11.3 Å². The number of hydrogen-bond acceptors (Lipinski definition) is 4. The van der Waals surface area contributed by atoms with Crippen LogP contribution in [0.4, 0.5) is 0 Å². The van der Waals surface area contributed by atoms with Crippen LogP contribution in [0, 0.1) is 0 Å². The Hall–Kier alpha value is -2.40. The molecular formula is C19H20N2O2S. The van der Waals surface area contributed by atoms with Gasteiger partial charge in [-0.15, -0.1) is 11.3 Å². The van der Waals surface area contributed by atoms with Crippen molar-refractivity contribution < 1.29 is 9.53 Å². The van der Waals surface area contributed by atoms with Gasteiger partial charge in [0, 0.05) is 12.1 Å². The minimum atomic E-state index is -0.0809. The maximum atomic E-state index is 12.3. The minimum Gasteiger partial charge on any atom is -0.494 e. The van der Waals surface area contributed by atoms with Crippen molar-refractivity contribution in [3.05, 3.63) is 59.1 Å². The number of thiazole rings is 1. The molecule has 3 rings (SSSR count). The maximum Gasteiger partial charge on any atom is 0.251 e. The van der Waals surface area contributed by atoms with Crippen molar-refractivity contribution in [2.75, 3.05) is 6.61 Å². The van der Waals surface area contributed by atoms with Crippen LogP contribution in [0.15, 0.2) is 48.0 Å². The van der Waals surface area contributed by atoms with Gasteiger partial charge in [-0.25, -0.2) is 4.98 Å². The van der Waals surface area contributed by atoms with Crippen LogP contribution in [-0.2, 0) is 6.54 Å². The van der Waals surface area contributed by atoms with Gasteiger partial charge in [-0.05, 0) is 42.3 Å². The summed E-state index contributed by atoms with van der Waals surface area (Å²) >= 11 is 1.54. The average molecular weight is 340 g/mol. The summed E-state index contributed by atoms with van der Waals surface area (Å²) in [6.07, 6.45) is 2.15. The lowest BCUT2D eigenvalue weighted by Gasteiger charge is -2.09. The van der Waals surface area contributed by atoms with Gasteiger partial charge in [0.1, 0.15) is 5.75 Å². The van der Waals surface area contributed by atoms with Gasteiger partial charge in [-0.2, -0.15) is 0 Å². The quantitative estimate of drug-likeness (QED) is 0.648. The van der Waals surface area contributed by atoms with E-state index in [9.17, 15) is 4.79 Å². The van der Waals surface area contributed by atoms with Gasteiger partial charge in [0.25, 0.3) is 5.91 Å². The Balaban J connectivity index is 1.60. The van der Waals surface area contributed by atoms with Crippen LogP contribution in [-0.4, -0.2) is 17.5 Å². The van der Waals surface area contributed by atoms with Gasteiger partial charge < -0.3 is 10.1 Å². The molecule has 0 saturated carbocycles. The average Bonchev–Trinajstić information content (AvgIpc) is 3.08. The molecule has 0 spiro atoms. The molecule has 1 amide bonds. The molecular weight excluding hydrogens is 320 g/mol. The zero-order chi connectivity index (χ0) is 16.8. The first kappa shape index (κ1) is 16.5. The van der Waals surface area contributed by atoms with E-state index in [0.717, 1.165) is 41.0 Å². The van der Waals surface area contributed by atoms with Crippen molar-refractivity contribution in [1.29, 1.82) is 0 Å². The standard InChI is InChI=1S/C19H20N2O2S/c1-2-3-9-23-16-6-4-5-14(10-16)12-20-19(22)15-7-8-17-18(11-15)24-13-21-17/h4-8,10-11,13H,2-3,9,12H2,1H3,(H,20,22). The van der Waals surface area contributed by atoms with E-state index < -0.39 is 0 Å². The van der Waals surface area contributed by atoms with Crippen molar-refractivity contribution in [3.8, 4) is 5.75 Å². The molecule has 1 heterocycles. The predicted octanol–water partition coefficient (Wildman–Crippen LogP) is 4.41. The first-order valence-electron chi connectivity index (χ1n) is 8.09. The lowest BCUT2D eigenvalue weighted by atomic mass is 10.2. The van der Waals surface area contributed by atoms with E-state index in [0.29, 0.717) is 12.1 Å². The van der Waals surface area contributed by atoms with Crippen LogP contribution in [0.1, 0.15) is 35.7 Å². The lowest BCUT2D eigenvalue weighted by molar-refractivity contribution is 0.0951. The summed E-state index contributed by atoms with van der Waals surface area (Å²) in [6.45, 7) is 3.34. The van der Waals surface area contributed by atoms with E-state index in [4.69, 9.17) is 4.74 Å². The number of aromatic nitrogens is 1. The highest BCUT2D eigenvalue weighted by Gasteiger charge is 2.07. The second kappa shape index (κ2) is 7.93. The molecule has 5 heteroatoms. The van der Waals surface area contributed by atoms with Gasteiger partial charge in [-0.1, -0.05) is 25.5 Å². The summed E-state index contributed by atoms with van der Waals surface area (Å²) in [6, 6.07) is 13.4. The molecule has 0 aliphatic carbocycles. The van der Waals surface area contributed by atoms with Gasteiger partial charge in [0.05, 0.1) is 22.3 Å². The van der Waals surface area contributed by atoms with Crippen molar-refractivity contribution in [2.45, 2.75) is 26.3 Å².